The van der Waals surface area contributed by atoms with Crippen molar-refractivity contribution < 1.29 is 38.2 Å². The van der Waals surface area contributed by atoms with Crippen LogP contribution in [0.4, 0.5) is 23.1 Å². The van der Waals surface area contributed by atoms with Crippen LogP contribution in [0.3, 0.4) is 0 Å². The summed E-state index contributed by atoms with van der Waals surface area (Å²) in [7, 11) is 1.53. The Labute approximate surface area is 363 Å². The van der Waals surface area contributed by atoms with Crippen molar-refractivity contribution >= 4 is 52.7 Å². The summed E-state index contributed by atoms with van der Waals surface area (Å²) < 4.78 is 18.8. The minimum Gasteiger partial charge on any atom is -0.495 e. The SMILES string of the molecule is CC[C@@H]1c2c(C#N)ncn2-c2cnc(Nc3ccc(C(=O)NCCOCCOCCC(=O)Nc4cccc5c4CN(C4CCC(=O)NC4=O)C5=O)cc3OC)nc2N1C1CCCC1. The van der Waals surface area contributed by atoms with Gasteiger partial charge in [0.15, 0.2) is 11.5 Å². The van der Waals surface area contributed by atoms with E-state index in [-0.39, 0.29) is 94.5 Å². The molecule has 0 radical (unpaired) electrons. The van der Waals surface area contributed by atoms with Crippen LogP contribution in [0, 0.1) is 11.3 Å². The van der Waals surface area contributed by atoms with Crippen molar-refractivity contribution in [1.29, 1.82) is 5.26 Å². The molecule has 4 aliphatic rings. The molecule has 2 aromatic carbocycles. The average Bonchev–Trinajstić information content (AvgIpc) is 4.05. The van der Waals surface area contributed by atoms with E-state index in [0.29, 0.717) is 45.5 Å². The third kappa shape index (κ3) is 8.90. The Balaban J connectivity index is 0.771. The molecule has 2 fully saturated rings. The standard InChI is InChI=1S/C44H49N11O8/c1-3-33-39-32(22-45)48-25-54(39)35-23-47-44(52-40(35)55(33)27-7-4-5-8-27)50-31-12-11-26(21-36(31)61-2)41(58)46-16-18-63-20-19-62-17-15-38(57)49-30-10-6-9-28-29(30)24-53(43(28)60)34-13-14-37(56)51-42(34)59/h6,9-12,21,23,25,27,33-34H,3-5,7-8,13-20,24H2,1-2H3,(H,46,58)(H,49,57)(H,47,50,52)(H,51,56,59)/t33-,34?/m1/s1. The molecule has 63 heavy (non-hydrogen) atoms. The Hall–Kier alpha value is -6.91. The molecule has 4 N–H and O–H groups in total. The van der Waals surface area contributed by atoms with Crippen molar-refractivity contribution in [3.63, 3.8) is 0 Å². The molecule has 3 aliphatic heterocycles. The molecule has 1 saturated carbocycles. The Morgan fingerprint density at radius 3 is 2.57 bits per heavy atom. The van der Waals surface area contributed by atoms with Crippen molar-refractivity contribution in [2.24, 2.45) is 0 Å². The fraction of sp³-hybridized carbons (Fsp3) is 0.432. The minimum absolute atomic E-state index is 0.0545. The van der Waals surface area contributed by atoms with Gasteiger partial charge in [-0.2, -0.15) is 10.2 Å². The summed E-state index contributed by atoms with van der Waals surface area (Å²) in [6.07, 6.45) is 9.05. The maximum Gasteiger partial charge on any atom is 0.255 e. The van der Waals surface area contributed by atoms with Gasteiger partial charge < -0.3 is 40.0 Å². The van der Waals surface area contributed by atoms with Crippen LogP contribution < -0.4 is 30.9 Å². The number of aromatic nitrogens is 4. The Kier molecular flexibility index (Phi) is 12.9. The second-order valence-corrected chi connectivity index (χ2v) is 15.7. The zero-order valence-corrected chi connectivity index (χ0v) is 35.1. The van der Waals surface area contributed by atoms with Crippen LogP contribution in [0.2, 0.25) is 0 Å². The molecule has 328 valence electrons. The number of amides is 5. The molecule has 1 unspecified atom stereocenters. The highest BCUT2D eigenvalue weighted by atomic mass is 16.5. The van der Waals surface area contributed by atoms with Crippen molar-refractivity contribution in [3.05, 3.63) is 77.0 Å². The number of anilines is 4. The normalized spacial score (nSPS) is 18.0. The fourth-order valence-corrected chi connectivity index (χ4v) is 8.82. The summed E-state index contributed by atoms with van der Waals surface area (Å²) in [5.74, 6) is -0.196. The maximum absolute atomic E-state index is 13.1. The van der Waals surface area contributed by atoms with Gasteiger partial charge in [0.05, 0.1) is 63.6 Å². The van der Waals surface area contributed by atoms with Gasteiger partial charge in [0.2, 0.25) is 23.7 Å². The molecule has 4 aromatic rings. The first-order chi connectivity index (χ1) is 30.7. The summed E-state index contributed by atoms with van der Waals surface area (Å²) in [6.45, 7) is 3.39. The lowest BCUT2D eigenvalue weighted by molar-refractivity contribution is -0.137. The van der Waals surface area contributed by atoms with Gasteiger partial charge in [0.25, 0.3) is 11.8 Å². The molecule has 0 spiro atoms. The zero-order valence-electron chi connectivity index (χ0n) is 35.1. The van der Waals surface area contributed by atoms with E-state index in [9.17, 15) is 29.2 Å². The number of methoxy groups -OCH3 is 1. The van der Waals surface area contributed by atoms with Crippen LogP contribution in [0.15, 0.2) is 48.9 Å². The number of hydrogen-bond acceptors (Lipinski definition) is 14. The molecule has 5 amide bonds. The molecular formula is C44H49N11O8. The number of imidazole rings is 1. The van der Waals surface area contributed by atoms with Crippen LogP contribution in [0.5, 0.6) is 5.75 Å². The number of benzene rings is 2. The predicted octanol–water partition coefficient (Wildman–Crippen LogP) is 4.05. The molecule has 2 aromatic heterocycles. The maximum atomic E-state index is 13.1. The summed E-state index contributed by atoms with van der Waals surface area (Å²) in [5.41, 5.74) is 4.55. The highest BCUT2D eigenvalue weighted by molar-refractivity contribution is 6.07. The molecule has 5 heterocycles. The number of carbonyl (C=O) groups excluding carboxylic acids is 5. The third-order valence-electron chi connectivity index (χ3n) is 11.9. The Morgan fingerprint density at radius 2 is 1.81 bits per heavy atom. The molecule has 1 saturated heterocycles. The van der Waals surface area contributed by atoms with Gasteiger partial charge in [-0.1, -0.05) is 25.8 Å². The van der Waals surface area contributed by atoms with Gasteiger partial charge in [0.1, 0.15) is 29.9 Å². The number of imide groups is 1. The summed E-state index contributed by atoms with van der Waals surface area (Å²) in [5, 5.41) is 21.1. The highest BCUT2D eigenvalue weighted by Crippen LogP contribution is 2.45. The molecule has 8 rings (SSSR count). The van der Waals surface area contributed by atoms with Crippen molar-refractivity contribution in [2.75, 3.05) is 55.6 Å². The second-order valence-electron chi connectivity index (χ2n) is 15.7. The quantitative estimate of drug-likeness (QED) is 0.0867. The van der Waals surface area contributed by atoms with E-state index in [0.717, 1.165) is 49.3 Å². The molecule has 0 bridgehead atoms. The lowest BCUT2D eigenvalue weighted by Gasteiger charge is -2.41. The van der Waals surface area contributed by atoms with Crippen LogP contribution in [0.1, 0.15) is 102 Å². The van der Waals surface area contributed by atoms with E-state index >= 15 is 0 Å². The van der Waals surface area contributed by atoms with Gasteiger partial charge in [0, 0.05) is 47.9 Å². The first-order valence-electron chi connectivity index (χ1n) is 21.3. The number of nitriles is 1. The number of piperidine rings is 1. The monoisotopic (exact) mass is 859 g/mol. The first-order valence-corrected chi connectivity index (χ1v) is 21.3. The number of fused-ring (bicyclic) bond motifs is 4. The van der Waals surface area contributed by atoms with Crippen molar-refractivity contribution in [3.8, 4) is 17.5 Å². The lowest BCUT2D eigenvalue weighted by atomic mass is 10.0. The molecule has 19 heteroatoms. The first kappa shape index (κ1) is 42.8. The van der Waals surface area contributed by atoms with Gasteiger partial charge in [-0.25, -0.2) is 9.97 Å². The van der Waals surface area contributed by atoms with Crippen LogP contribution in [-0.2, 0) is 30.4 Å². The van der Waals surface area contributed by atoms with Crippen molar-refractivity contribution in [1.82, 2.24) is 35.1 Å². The van der Waals surface area contributed by atoms with Crippen LogP contribution in [0.25, 0.3) is 5.69 Å². The van der Waals surface area contributed by atoms with Gasteiger partial charge in [-0.3, -0.25) is 33.9 Å². The highest BCUT2D eigenvalue weighted by Gasteiger charge is 2.41. The summed E-state index contributed by atoms with van der Waals surface area (Å²) in [6, 6.07) is 11.8. The van der Waals surface area contributed by atoms with E-state index in [2.05, 4.69) is 49.1 Å². The second kappa shape index (κ2) is 19.0. The topological polar surface area (TPSA) is 235 Å². The minimum atomic E-state index is -0.745. The average molecular weight is 860 g/mol. The third-order valence-corrected chi connectivity index (χ3v) is 11.9. The zero-order chi connectivity index (χ0) is 44.0. The number of ether oxygens (including phenoxy) is 3. The predicted molar refractivity (Wildman–Crippen MR) is 228 cm³/mol. The number of nitrogens with one attached hydrogen (secondary N) is 4. The van der Waals surface area contributed by atoms with Gasteiger partial charge >= 0.3 is 0 Å². The van der Waals surface area contributed by atoms with E-state index < -0.39 is 11.9 Å². The fourth-order valence-electron chi connectivity index (χ4n) is 8.82. The van der Waals surface area contributed by atoms with E-state index in [1.54, 1.807) is 48.9 Å². The summed E-state index contributed by atoms with van der Waals surface area (Å²) >= 11 is 0. The lowest BCUT2D eigenvalue weighted by Crippen LogP contribution is -2.52. The smallest absolute Gasteiger partial charge is 0.255 e. The summed E-state index contributed by atoms with van der Waals surface area (Å²) in [4.78, 5) is 80.6. The Bertz CT molecular complexity index is 2460. The Morgan fingerprint density at radius 1 is 1.00 bits per heavy atom. The molecular weight excluding hydrogens is 811 g/mol. The number of nitrogens with zero attached hydrogens (tertiary/aromatic N) is 7. The van der Waals surface area contributed by atoms with E-state index in [1.165, 1.54) is 12.0 Å². The van der Waals surface area contributed by atoms with E-state index in [4.69, 9.17) is 19.2 Å². The van der Waals surface area contributed by atoms with Crippen molar-refractivity contribution in [2.45, 2.75) is 83.0 Å². The number of hydrogen-bond donors (Lipinski definition) is 4. The molecule has 2 atom stereocenters. The number of carbonyl (C=O) groups is 5. The molecule has 1 aliphatic carbocycles. The van der Waals surface area contributed by atoms with E-state index in [1.807, 2.05) is 4.57 Å². The van der Waals surface area contributed by atoms with Gasteiger partial charge in [-0.15, -0.1) is 0 Å². The number of rotatable bonds is 17. The van der Waals surface area contributed by atoms with Gasteiger partial charge in [-0.05, 0) is 56.0 Å². The van der Waals surface area contributed by atoms with Crippen LogP contribution in [-0.4, -0.2) is 106 Å². The molecule has 19 nitrogen and oxygen atoms in total. The largest absolute Gasteiger partial charge is 0.495 e. The van der Waals surface area contributed by atoms with Crippen LogP contribution >= 0.6 is 0 Å².